The second kappa shape index (κ2) is 7.21. The minimum Gasteiger partial charge on any atom is -0.454 e. The highest BCUT2D eigenvalue weighted by molar-refractivity contribution is 6.01. The Labute approximate surface area is 178 Å². The van der Waals surface area contributed by atoms with Crippen molar-refractivity contribution in [2.45, 2.75) is 38.0 Å². The van der Waals surface area contributed by atoms with E-state index in [1.54, 1.807) is 0 Å². The smallest absolute Gasteiger partial charge is 0.235 e. The van der Waals surface area contributed by atoms with Crippen LogP contribution in [0.15, 0.2) is 66.7 Å². The molecule has 2 aliphatic rings. The fourth-order valence-electron chi connectivity index (χ4n) is 4.04. The van der Waals surface area contributed by atoms with Gasteiger partial charge in [-0.2, -0.15) is 0 Å². The average molecular weight is 402 g/mol. The first kappa shape index (κ1) is 18.7. The monoisotopic (exact) mass is 401 g/mol. The van der Waals surface area contributed by atoms with Crippen molar-refractivity contribution >= 4 is 11.6 Å². The lowest BCUT2D eigenvalue weighted by Crippen LogP contribution is -2.27. The van der Waals surface area contributed by atoms with Gasteiger partial charge in [0.2, 0.25) is 12.7 Å². The highest BCUT2D eigenvalue weighted by atomic mass is 16.7. The Kier molecular flexibility index (Phi) is 4.50. The molecule has 1 aliphatic carbocycles. The predicted octanol–water partition coefficient (Wildman–Crippen LogP) is 6.12. The molecule has 1 N–H and O–H groups in total. The van der Waals surface area contributed by atoms with Crippen molar-refractivity contribution < 1.29 is 15.7 Å². The predicted molar refractivity (Wildman–Crippen MR) is 120 cm³/mol. The van der Waals surface area contributed by atoms with E-state index in [9.17, 15) is 4.79 Å². The van der Waals surface area contributed by atoms with Gasteiger partial charge in [-0.05, 0) is 65.3 Å². The van der Waals surface area contributed by atoms with Gasteiger partial charge in [-0.25, -0.2) is 0 Å². The molecule has 1 heterocycles. The minimum atomic E-state index is -0.467. The summed E-state index contributed by atoms with van der Waals surface area (Å²) < 4.78 is 10.9. The number of amides is 1. The first-order valence-electron chi connectivity index (χ1n) is 10.5. The Morgan fingerprint density at radius 3 is 2.43 bits per heavy atom. The zero-order valence-corrected chi connectivity index (χ0v) is 17.3. The second-order valence-corrected chi connectivity index (χ2v) is 8.46. The van der Waals surface area contributed by atoms with E-state index in [2.05, 4.69) is 55.6 Å². The molecule has 4 heteroatoms. The van der Waals surface area contributed by atoms with Crippen LogP contribution in [0, 0.1) is 0 Å². The number of benzene rings is 3. The molecule has 0 radical (unpaired) electrons. The topological polar surface area (TPSA) is 47.6 Å². The molecular formula is C26H27NO3. The summed E-state index contributed by atoms with van der Waals surface area (Å²) in [5.41, 5.74) is 5.00. The number of hydrogen-bond donors (Lipinski definition) is 1. The largest absolute Gasteiger partial charge is 0.454 e. The molecule has 30 heavy (non-hydrogen) atoms. The van der Waals surface area contributed by atoms with Crippen molar-refractivity contribution in [2.24, 2.45) is 0 Å². The highest BCUT2D eigenvalue weighted by Gasteiger charge is 2.51. The normalized spacial score (nSPS) is 15.8. The van der Waals surface area contributed by atoms with Gasteiger partial charge in [0.25, 0.3) is 0 Å². The molecule has 154 valence electrons. The Hall–Kier alpha value is -3.27. The lowest BCUT2D eigenvalue weighted by molar-refractivity contribution is -0.118. The molecule has 3 aromatic rings. The number of anilines is 1. The maximum Gasteiger partial charge on any atom is 0.235 e. The van der Waals surface area contributed by atoms with Crippen LogP contribution in [-0.2, 0) is 10.2 Å². The summed E-state index contributed by atoms with van der Waals surface area (Å²) in [7, 11) is 0. The fourth-order valence-corrected chi connectivity index (χ4v) is 4.04. The third-order valence-corrected chi connectivity index (χ3v) is 6.14. The molecule has 1 amide bonds. The van der Waals surface area contributed by atoms with Gasteiger partial charge in [0.05, 0.1) is 5.41 Å². The van der Waals surface area contributed by atoms with Gasteiger partial charge in [0, 0.05) is 7.11 Å². The number of hydrogen-bond acceptors (Lipinski definition) is 3. The van der Waals surface area contributed by atoms with Crippen molar-refractivity contribution in [1.29, 1.82) is 0 Å². The molecule has 0 saturated heterocycles. The fraction of sp³-hybridized carbons (Fsp3) is 0.269. The number of rotatable bonds is 5. The summed E-state index contributed by atoms with van der Waals surface area (Å²) in [6, 6.07) is 22.5. The highest BCUT2D eigenvalue weighted by Crippen LogP contribution is 2.51. The van der Waals surface area contributed by atoms with Crippen molar-refractivity contribution in [3.63, 3.8) is 0 Å². The van der Waals surface area contributed by atoms with Gasteiger partial charge < -0.3 is 14.8 Å². The molecule has 1 saturated carbocycles. The van der Waals surface area contributed by atoms with Crippen LogP contribution < -0.4 is 14.8 Å². The van der Waals surface area contributed by atoms with Crippen LogP contribution in [0.2, 0.25) is 0 Å². The maximum absolute atomic E-state index is 13.1. The van der Waals surface area contributed by atoms with Crippen molar-refractivity contribution in [2.75, 3.05) is 12.1 Å². The molecule has 0 bridgehead atoms. The molecule has 1 fully saturated rings. The number of ether oxygens (including phenoxy) is 2. The van der Waals surface area contributed by atoms with E-state index >= 15 is 0 Å². The summed E-state index contributed by atoms with van der Waals surface area (Å²) >= 11 is 0. The van der Waals surface area contributed by atoms with E-state index in [0.717, 1.165) is 41.2 Å². The Morgan fingerprint density at radius 2 is 1.70 bits per heavy atom. The van der Waals surface area contributed by atoms with Gasteiger partial charge in [0.1, 0.15) is 0 Å². The van der Waals surface area contributed by atoms with Gasteiger partial charge in [-0.3, -0.25) is 4.79 Å². The van der Waals surface area contributed by atoms with Crippen LogP contribution in [0.1, 0.15) is 45.2 Å². The minimum absolute atomic E-state index is 0. The average Bonchev–Trinajstić information content (AvgIpc) is 3.45. The van der Waals surface area contributed by atoms with E-state index in [-0.39, 0.29) is 14.1 Å². The first-order chi connectivity index (χ1) is 14.5. The van der Waals surface area contributed by atoms with Gasteiger partial charge in [-0.1, -0.05) is 56.3 Å². The molecule has 3 aromatic carbocycles. The second-order valence-electron chi connectivity index (χ2n) is 8.46. The first-order valence-corrected chi connectivity index (χ1v) is 10.5. The number of nitrogens with one attached hydrogen (secondary N) is 1. The molecule has 0 unspecified atom stereocenters. The van der Waals surface area contributed by atoms with Crippen molar-refractivity contribution in [1.82, 2.24) is 0 Å². The van der Waals surface area contributed by atoms with E-state index < -0.39 is 5.41 Å². The Bertz CT molecular complexity index is 1100. The van der Waals surface area contributed by atoms with E-state index in [1.165, 1.54) is 11.1 Å². The summed E-state index contributed by atoms with van der Waals surface area (Å²) in [6.07, 6.45) is 1.69. The Balaban J connectivity index is 0.00000231. The quantitative estimate of drug-likeness (QED) is 0.560. The SMILES string of the molecule is CC(C)c1cccc(-c2ccc(NC(=O)C3(c4ccc5c(c4)OCO5)CC3)cc2)c1.[HH]. The molecule has 5 rings (SSSR count). The van der Waals surface area contributed by atoms with E-state index in [1.807, 2.05) is 30.3 Å². The van der Waals surface area contributed by atoms with Crippen LogP contribution in [-0.4, -0.2) is 12.7 Å². The summed E-state index contributed by atoms with van der Waals surface area (Å²) in [6.45, 7) is 4.64. The lowest BCUT2D eigenvalue weighted by Gasteiger charge is -2.16. The van der Waals surface area contributed by atoms with Crippen molar-refractivity contribution in [3.05, 3.63) is 77.9 Å². The van der Waals surface area contributed by atoms with Crippen molar-refractivity contribution in [3.8, 4) is 22.6 Å². The Morgan fingerprint density at radius 1 is 0.933 bits per heavy atom. The lowest BCUT2D eigenvalue weighted by atomic mass is 9.94. The third-order valence-electron chi connectivity index (χ3n) is 6.14. The maximum atomic E-state index is 13.1. The number of fused-ring (bicyclic) bond motifs is 1. The molecule has 1 aliphatic heterocycles. The van der Waals surface area contributed by atoms with Gasteiger partial charge >= 0.3 is 0 Å². The molecule has 4 nitrogen and oxygen atoms in total. The number of carbonyl (C=O) groups excluding carboxylic acids is 1. The van der Waals surface area contributed by atoms with E-state index in [0.29, 0.717) is 5.92 Å². The molecule has 0 aromatic heterocycles. The zero-order chi connectivity index (χ0) is 20.7. The van der Waals surface area contributed by atoms with Gasteiger partial charge in [0.15, 0.2) is 11.5 Å². The van der Waals surface area contributed by atoms with Gasteiger partial charge in [-0.15, -0.1) is 0 Å². The molecule has 0 spiro atoms. The number of carbonyl (C=O) groups is 1. The summed E-state index contributed by atoms with van der Waals surface area (Å²) in [5.74, 6) is 2.00. The molecular weight excluding hydrogens is 374 g/mol. The van der Waals surface area contributed by atoms with E-state index in [4.69, 9.17) is 9.47 Å². The van der Waals surface area contributed by atoms with Crippen LogP contribution in [0.3, 0.4) is 0 Å². The summed E-state index contributed by atoms with van der Waals surface area (Å²) in [4.78, 5) is 13.1. The third kappa shape index (κ3) is 3.32. The van der Waals surface area contributed by atoms with Crippen LogP contribution >= 0.6 is 0 Å². The summed E-state index contributed by atoms with van der Waals surface area (Å²) in [5, 5.41) is 3.11. The van der Waals surface area contributed by atoms with Crippen LogP contribution in [0.5, 0.6) is 11.5 Å². The standard InChI is InChI=1S/C26H25NO3.H2/c1-17(2)19-4-3-5-20(14-19)18-6-9-22(10-7-18)27-25(28)26(12-13-26)21-8-11-23-24(15-21)30-16-29-23;/h3-11,14-15,17H,12-13,16H2,1-2H3,(H,27,28);1H. The van der Waals surface area contributed by atoms with Crippen LogP contribution in [0.4, 0.5) is 5.69 Å². The zero-order valence-electron chi connectivity index (χ0n) is 17.3. The van der Waals surface area contributed by atoms with Crippen LogP contribution in [0.25, 0.3) is 11.1 Å². The molecule has 0 atom stereocenters.